The van der Waals surface area contributed by atoms with Crippen LogP contribution >= 0.6 is 0 Å². The van der Waals surface area contributed by atoms with Crippen molar-refractivity contribution >= 4 is 46.2 Å². The summed E-state index contributed by atoms with van der Waals surface area (Å²) < 4.78 is 9.21. The molecule has 0 saturated heterocycles. The van der Waals surface area contributed by atoms with Crippen LogP contribution in [0.1, 0.15) is 25.0 Å². The molecule has 6 aromatic rings. The van der Waals surface area contributed by atoms with Gasteiger partial charge in [-0.15, -0.1) is 0 Å². The summed E-state index contributed by atoms with van der Waals surface area (Å²) in [7, 11) is 0. The van der Waals surface area contributed by atoms with Crippen molar-refractivity contribution in [3.05, 3.63) is 165 Å². The number of hydrogen-bond donors (Lipinski definition) is 0. The molecule has 2 heteroatoms. The van der Waals surface area contributed by atoms with Gasteiger partial charge in [0.1, 0.15) is 0 Å². The molecular formula is C44H43SiZr. The van der Waals surface area contributed by atoms with Crippen LogP contribution in [0.2, 0.25) is 22.4 Å². The molecule has 2 aliphatic carbocycles. The maximum absolute atomic E-state index is 4.24. The molecule has 0 amide bonds. The fourth-order valence-corrected chi connectivity index (χ4v) is 39.7. The van der Waals surface area contributed by atoms with Crippen LogP contribution in [0.25, 0.3) is 40.3 Å². The molecule has 0 bridgehead atoms. The Labute approximate surface area is 274 Å². The molecule has 8 rings (SSSR count). The van der Waals surface area contributed by atoms with Crippen LogP contribution in [0, 0.1) is 0 Å². The molecule has 0 nitrogen and oxygen atoms in total. The Balaban J connectivity index is 1.56. The van der Waals surface area contributed by atoms with Crippen LogP contribution in [-0.2, 0) is 28.8 Å². The van der Waals surface area contributed by atoms with Gasteiger partial charge in [-0.05, 0) is 0 Å². The van der Waals surface area contributed by atoms with E-state index in [1.54, 1.807) is 6.56 Å². The number of benzene rings is 6. The van der Waals surface area contributed by atoms with Crippen molar-refractivity contribution < 1.29 is 17.9 Å². The van der Waals surface area contributed by atoms with E-state index < -0.39 is 23.9 Å². The predicted molar refractivity (Wildman–Crippen MR) is 200 cm³/mol. The summed E-state index contributed by atoms with van der Waals surface area (Å²) in [5.74, 6) is -1.38. The van der Waals surface area contributed by atoms with Gasteiger partial charge >= 0.3 is 277 Å². The van der Waals surface area contributed by atoms with Gasteiger partial charge in [0, 0.05) is 0 Å². The fourth-order valence-electron chi connectivity index (χ4n) is 9.94. The molecule has 0 radical (unpaired) electrons. The zero-order valence-corrected chi connectivity index (χ0v) is 31.5. The summed E-state index contributed by atoms with van der Waals surface area (Å²) in [4.78, 5) is 0. The maximum atomic E-state index is 2.85. The summed E-state index contributed by atoms with van der Waals surface area (Å²) in [6.07, 6.45) is 5.27. The molecule has 0 fully saturated rings. The molecule has 227 valence electrons. The van der Waals surface area contributed by atoms with Crippen molar-refractivity contribution in [3.8, 4) is 0 Å². The summed E-state index contributed by atoms with van der Waals surface area (Å²) in [6.45, 7) is 10.5. The van der Waals surface area contributed by atoms with E-state index in [9.17, 15) is 0 Å². The van der Waals surface area contributed by atoms with Gasteiger partial charge in [-0.1, -0.05) is 0 Å². The Hall–Kier alpha value is -3.58. The molecule has 2 unspecified atom stereocenters. The normalized spacial score (nSPS) is 21.5. The van der Waals surface area contributed by atoms with Gasteiger partial charge < -0.3 is 0 Å². The first-order valence-electron chi connectivity index (χ1n) is 16.9. The SMILES string of the molecule is C[SiH](C)[Zr]([CH3])([CH3])([C]1=c2ccccc2=CC1(C)c1cccc2ccccc12)[C]1=c2ccccc2=CC1(C)c1cccc2ccccc12. The Morgan fingerprint density at radius 2 is 0.826 bits per heavy atom. The third kappa shape index (κ3) is 3.93. The minimum atomic E-state index is -4.24. The molecule has 0 spiro atoms. The minimum absolute atomic E-state index is 0.221. The Morgan fingerprint density at radius 3 is 1.26 bits per heavy atom. The van der Waals surface area contributed by atoms with Crippen molar-refractivity contribution in [1.82, 2.24) is 0 Å². The van der Waals surface area contributed by atoms with E-state index in [2.05, 4.69) is 182 Å². The number of fused-ring (bicyclic) bond motifs is 4. The van der Waals surface area contributed by atoms with Gasteiger partial charge in [0.2, 0.25) is 0 Å². The summed E-state index contributed by atoms with van der Waals surface area (Å²) in [6, 6.07) is 50.7. The van der Waals surface area contributed by atoms with Crippen LogP contribution in [0.5, 0.6) is 0 Å². The van der Waals surface area contributed by atoms with E-state index in [-0.39, 0.29) is 10.8 Å². The molecule has 0 N–H and O–H groups in total. The average molecular weight is 691 g/mol. The Bertz CT molecular complexity index is 2310. The van der Waals surface area contributed by atoms with Gasteiger partial charge in [-0.3, -0.25) is 0 Å². The van der Waals surface area contributed by atoms with Crippen LogP contribution in [-0.4, -0.2) is 5.92 Å². The second kappa shape index (κ2) is 10.2. The molecule has 0 heterocycles. The van der Waals surface area contributed by atoms with Crippen LogP contribution < -0.4 is 20.9 Å². The third-order valence-electron chi connectivity index (χ3n) is 12.4. The van der Waals surface area contributed by atoms with Crippen molar-refractivity contribution in [3.63, 3.8) is 0 Å². The number of rotatable bonds is 5. The van der Waals surface area contributed by atoms with Crippen molar-refractivity contribution in [1.29, 1.82) is 0 Å². The molecule has 0 aromatic heterocycles. The fraction of sp³-hybridized carbons (Fsp3) is 0.182. The monoisotopic (exact) mass is 689 g/mol. The molecule has 6 aromatic carbocycles. The second-order valence-corrected chi connectivity index (χ2v) is 51.1. The Kier molecular flexibility index (Phi) is 6.61. The first-order valence-corrected chi connectivity index (χ1v) is 31.4. The zero-order chi connectivity index (χ0) is 31.9. The van der Waals surface area contributed by atoms with Crippen molar-refractivity contribution in [2.45, 2.75) is 47.0 Å². The predicted octanol–water partition coefficient (Wildman–Crippen LogP) is 8.18. The van der Waals surface area contributed by atoms with Gasteiger partial charge in [0.05, 0.1) is 0 Å². The zero-order valence-electron chi connectivity index (χ0n) is 27.9. The van der Waals surface area contributed by atoms with Crippen LogP contribution in [0.15, 0.2) is 133 Å². The van der Waals surface area contributed by atoms with Crippen molar-refractivity contribution in [2.75, 3.05) is 0 Å². The van der Waals surface area contributed by atoms with Crippen molar-refractivity contribution in [2.24, 2.45) is 0 Å². The molecular weight excluding hydrogens is 648 g/mol. The van der Waals surface area contributed by atoms with E-state index in [0.29, 0.717) is 0 Å². The van der Waals surface area contributed by atoms with Gasteiger partial charge in [-0.2, -0.15) is 0 Å². The van der Waals surface area contributed by atoms with Gasteiger partial charge in [-0.25, -0.2) is 0 Å². The quantitative estimate of drug-likeness (QED) is 0.160. The van der Waals surface area contributed by atoms with E-state index in [0.717, 1.165) is 0 Å². The summed E-state index contributed by atoms with van der Waals surface area (Å²) >= 11 is -4.24. The van der Waals surface area contributed by atoms with Crippen LogP contribution in [0.4, 0.5) is 0 Å². The van der Waals surface area contributed by atoms with E-state index >= 15 is 0 Å². The first kappa shape index (κ1) is 29.8. The summed E-state index contributed by atoms with van der Waals surface area (Å²) in [5.41, 5.74) is 2.44. The van der Waals surface area contributed by atoms with Crippen LogP contribution in [0.3, 0.4) is 0 Å². The molecule has 2 atom stereocenters. The van der Waals surface area contributed by atoms with E-state index in [1.807, 2.05) is 0 Å². The molecule has 0 saturated carbocycles. The van der Waals surface area contributed by atoms with E-state index in [4.69, 9.17) is 0 Å². The summed E-state index contributed by atoms with van der Waals surface area (Å²) in [5, 5.41) is 11.2. The average Bonchev–Trinajstić information content (AvgIpc) is 3.56. The van der Waals surface area contributed by atoms with Gasteiger partial charge in [0.15, 0.2) is 0 Å². The first-order chi connectivity index (χ1) is 22.1. The third-order valence-corrected chi connectivity index (χ3v) is 56.2. The topological polar surface area (TPSA) is 0 Å². The van der Waals surface area contributed by atoms with E-state index in [1.165, 1.54) is 53.5 Å². The van der Waals surface area contributed by atoms with Gasteiger partial charge in [0.25, 0.3) is 0 Å². The molecule has 46 heavy (non-hydrogen) atoms. The molecule has 0 aliphatic heterocycles. The number of hydrogen-bond acceptors (Lipinski definition) is 0. The standard InChI is InChI=1S/2C20H15.C2H7Si.2CH3.Zr/c2*1-20(13-16-8-2-3-9-17(16)14-20)19-12-6-10-15-7-4-5-11-18(15)19;1-3-2;;;/h2*2-13H,1H3;3H,1-2H3;2*1H3;. The second-order valence-electron chi connectivity index (χ2n) is 15.3. The Morgan fingerprint density at radius 1 is 0.457 bits per heavy atom. The molecule has 2 aliphatic rings.